The number of amides is 2. The maximum Gasteiger partial charge on any atom is 0.305 e. The Balaban J connectivity index is 1.14. The van der Waals surface area contributed by atoms with Crippen LogP contribution in [0.4, 0.5) is 5.69 Å². The van der Waals surface area contributed by atoms with Crippen molar-refractivity contribution in [2.75, 3.05) is 12.0 Å². The van der Waals surface area contributed by atoms with Crippen molar-refractivity contribution in [2.45, 2.75) is 36.1 Å². The summed E-state index contributed by atoms with van der Waals surface area (Å²) in [6, 6.07) is 21.7. The highest BCUT2D eigenvalue weighted by molar-refractivity contribution is 9.10. The highest BCUT2D eigenvalue weighted by Gasteiger charge is 2.69. The fraction of sp³-hybridized carbons (Fsp3) is 0.324. The van der Waals surface area contributed by atoms with Crippen molar-refractivity contribution in [3.8, 4) is 11.5 Å². The van der Waals surface area contributed by atoms with Gasteiger partial charge in [-0.15, -0.1) is 11.8 Å². The number of aryl methyl sites for hydroxylation is 1. The van der Waals surface area contributed by atoms with Gasteiger partial charge in [-0.2, -0.15) is 0 Å². The van der Waals surface area contributed by atoms with Crippen LogP contribution < -0.4 is 19.2 Å². The molecule has 7 nitrogen and oxygen atoms in total. The number of imide groups is 1. The lowest BCUT2D eigenvalue weighted by Gasteiger charge is -2.43. The zero-order valence-corrected chi connectivity index (χ0v) is 27.2. The molecule has 3 aromatic carbocycles. The van der Waals surface area contributed by atoms with Crippen molar-refractivity contribution >= 4 is 56.5 Å². The van der Waals surface area contributed by atoms with E-state index in [-0.39, 0.29) is 57.4 Å². The van der Waals surface area contributed by atoms with E-state index in [4.69, 9.17) is 9.47 Å². The molecule has 8 rings (SSSR count). The van der Waals surface area contributed by atoms with E-state index < -0.39 is 0 Å². The molecule has 224 valence electrons. The number of H-pyrrole nitrogens is 1. The molecule has 10 heteroatoms. The Kier molecular flexibility index (Phi) is 6.80. The molecule has 2 aliphatic heterocycles. The number of halogens is 1. The number of hydrogen-bond acceptors (Lipinski definition) is 7. The van der Waals surface area contributed by atoms with Crippen molar-refractivity contribution in [3.63, 3.8) is 0 Å². The minimum atomic E-state index is -0.350. The minimum absolute atomic E-state index is 0.0400. The maximum absolute atomic E-state index is 14.0. The van der Waals surface area contributed by atoms with Crippen molar-refractivity contribution in [3.05, 3.63) is 102 Å². The number of nitrogens with one attached hydrogen (secondary N) is 1. The number of aromatic amines is 1. The lowest BCUT2D eigenvalue weighted by atomic mass is 9.68. The number of rotatable bonds is 6. The second-order valence-corrected chi connectivity index (χ2v) is 15.3. The van der Waals surface area contributed by atoms with Crippen LogP contribution in [0.15, 0.2) is 81.0 Å². The highest BCUT2D eigenvalue weighted by atomic mass is 79.9. The van der Waals surface area contributed by atoms with Gasteiger partial charge in [0.25, 0.3) is 0 Å². The van der Waals surface area contributed by atoms with Gasteiger partial charge in [-0.1, -0.05) is 63.2 Å². The first-order chi connectivity index (χ1) is 21.3. The Hall–Kier alpha value is -3.34. The predicted octanol–water partition coefficient (Wildman–Crippen LogP) is 6.77. The summed E-state index contributed by atoms with van der Waals surface area (Å²) >= 11 is 6.39. The summed E-state index contributed by atoms with van der Waals surface area (Å²) in [5, 5.41) is 1.00. The number of methoxy groups -OCH3 is 1. The normalized spacial score (nSPS) is 28.2. The number of carbonyl (C=O) groups is 2. The van der Waals surface area contributed by atoms with Gasteiger partial charge >= 0.3 is 4.87 Å². The van der Waals surface area contributed by atoms with Crippen LogP contribution in [0.1, 0.15) is 33.9 Å². The molecule has 1 saturated heterocycles. The van der Waals surface area contributed by atoms with E-state index in [2.05, 4.69) is 58.2 Å². The molecule has 44 heavy (non-hydrogen) atoms. The molecule has 4 aromatic rings. The number of aromatic nitrogens is 1. The van der Waals surface area contributed by atoms with E-state index in [1.807, 2.05) is 36.4 Å². The van der Waals surface area contributed by atoms with Crippen LogP contribution in [0.25, 0.3) is 0 Å². The van der Waals surface area contributed by atoms with E-state index in [0.717, 1.165) is 31.9 Å². The molecule has 0 unspecified atom stereocenters. The summed E-state index contributed by atoms with van der Waals surface area (Å²) in [7, 11) is 1.64. The van der Waals surface area contributed by atoms with Gasteiger partial charge in [0.1, 0.15) is 6.61 Å². The monoisotopic (exact) mass is 688 g/mol. The van der Waals surface area contributed by atoms with Gasteiger partial charge in [0.05, 0.1) is 29.7 Å². The first-order valence-electron chi connectivity index (χ1n) is 14.7. The molecular weight excluding hydrogens is 660 g/mol. The number of ether oxygens (including phenoxy) is 2. The number of thiazole rings is 1. The Labute approximate surface area is 271 Å². The summed E-state index contributed by atoms with van der Waals surface area (Å²) in [5.41, 5.74) is 3.92. The summed E-state index contributed by atoms with van der Waals surface area (Å²) < 4.78 is 12.9. The van der Waals surface area contributed by atoms with Crippen molar-refractivity contribution in [1.29, 1.82) is 0 Å². The number of anilines is 1. The quantitative estimate of drug-likeness (QED) is 0.225. The van der Waals surface area contributed by atoms with Crippen LogP contribution >= 0.6 is 39.0 Å². The minimum Gasteiger partial charge on any atom is -0.493 e. The Morgan fingerprint density at radius 3 is 2.39 bits per heavy atom. The van der Waals surface area contributed by atoms with Gasteiger partial charge in [0, 0.05) is 20.5 Å². The van der Waals surface area contributed by atoms with Gasteiger partial charge in [0.2, 0.25) is 11.8 Å². The van der Waals surface area contributed by atoms with Crippen molar-refractivity contribution in [2.24, 2.45) is 29.6 Å². The third-order valence-corrected chi connectivity index (χ3v) is 13.0. The lowest BCUT2D eigenvalue weighted by Crippen LogP contribution is -2.42. The zero-order valence-electron chi connectivity index (χ0n) is 24.0. The average Bonchev–Trinajstić information content (AvgIpc) is 3.76. The second-order valence-electron chi connectivity index (χ2n) is 12.1. The van der Waals surface area contributed by atoms with Gasteiger partial charge in [-0.3, -0.25) is 19.3 Å². The molecule has 2 bridgehead atoms. The molecule has 0 radical (unpaired) electrons. The van der Waals surface area contributed by atoms with E-state index in [1.54, 1.807) is 18.9 Å². The van der Waals surface area contributed by atoms with Crippen LogP contribution in [-0.2, 0) is 16.2 Å². The number of benzene rings is 3. The molecule has 3 fully saturated rings. The van der Waals surface area contributed by atoms with E-state index in [9.17, 15) is 14.4 Å². The fourth-order valence-electron chi connectivity index (χ4n) is 8.08. The van der Waals surface area contributed by atoms with Crippen molar-refractivity contribution in [1.82, 2.24) is 4.98 Å². The van der Waals surface area contributed by atoms with Crippen LogP contribution in [0.2, 0.25) is 0 Å². The molecule has 1 N–H and O–H groups in total. The van der Waals surface area contributed by atoms with Gasteiger partial charge in [-0.05, 0) is 78.6 Å². The van der Waals surface area contributed by atoms with Gasteiger partial charge in [0.15, 0.2) is 11.5 Å². The van der Waals surface area contributed by atoms with Gasteiger partial charge in [-0.25, -0.2) is 0 Å². The smallest absolute Gasteiger partial charge is 0.305 e. The third kappa shape index (κ3) is 4.32. The predicted molar refractivity (Wildman–Crippen MR) is 174 cm³/mol. The standard InChI is InChI=1S/C34H29BrN2O5S2/c1-16-3-5-17(6-4-16)15-42-23-12-7-18(13-24(23)41-2)25-26-21-14-22(29(26)43-31-30(25)44-34(40)36-31)28-27(21)32(38)37(33(28)39)20-10-8-19(35)9-11-20/h3-13,21-22,25-29H,14-15H2,1-2H3,(H,36,40)/t21-,22-,25+,26+,27+,28+,29-/m1/s1. The number of hydrogen-bond donors (Lipinski definition) is 1. The van der Waals surface area contributed by atoms with Gasteiger partial charge < -0.3 is 14.5 Å². The first-order valence-corrected chi connectivity index (χ1v) is 17.2. The molecule has 1 aromatic heterocycles. The second kappa shape index (κ2) is 10.6. The molecule has 2 amide bonds. The third-order valence-electron chi connectivity index (χ3n) is 9.87. The molecule has 2 saturated carbocycles. The molecule has 3 heterocycles. The van der Waals surface area contributed by atoms with Crippen LogP contribution in [-0.4, -0.2) is 29.2 Å². The number of thioether (sulfide) groups is 1. The van der Waals surface area contributed by atoms with Crippen LogP contribution in [0.5, 0.6) is 11.5 Å². The van der Waals surface area contributed by atoms with E-state index in [1.165, 1.54) is 21.8 Å². The SMILES string of the molecule is COc1cc([C@@H]2c3sc(=O)[nH]c3S[C@@H]3[C@@H]4C[C@@H]([C@@H]5C(=O)N(c6ccc(Br)cc6)C(=O)[C@@H]45)[C@@H]23)ccc1OCc1ccc(C)cc1. The summed E-state index contributed by atoms with van der Waals surface area (Å²) in [6.07, 6.45) is 0.841. The molecular formula is C34H29BrN2O5S2. The average molecular weight is 690 g/mol. The summed E-state index contributed by atoms with van der Waals surface area (Å²) in [5.74, 6) is 0.527. The largest absolute Gasteiger partial charge is 0.493 e. The van der Waals surface area contributed by atoms with Crippen LogP contribution in [0.3, 0.4) is 0 Å². The lowest BCUT2D eigenvalue weighted by molar-refractivity contribution is -0.123. The van der Waals surface area contributed by atoms with Crippen LogP contribution in [0, 0.1) is 36.5 Å². The first kappa shape index (κ1) is 28.2. The molecule has 0 spiro atoms. The number of carbonyl (C=O) groups excluding carboxylic acids is 2. The van der Waals surface area contributed by atoms with E-state index in [0.29, 0.717) is 23.8 Å². The Morgan fingerprint density at radius 2 is 1.66 bits per heavy atom. The topological polar surface area (TPSA) is 88.7 Å². The zero-order chi connectivity index (χ0) is 30.3. The number of fused-ring (bicyclic) bond motifs is 9. The number of nitrogens with zero attached hydrogens (tertiary/aromatic N) is 1. The Morgan fingerprint density at radius 1 is 0.932 bits per heavy atom. The summed E-state index contributed by atoms with van der Waals surface area (Å²) in [6.45, 7) is 2.48. The highest BCUT2D eigenvalue weighted by Crippen LogP contribution is 2.68. The van der Waals surface area contributed by atoms with E-state index >= 15 is 0 Å². The molecule has 7 atom stereocenters. The van der Waals surface area contributed by atoms with Crippen molar-refractivity contribution < 1.29 is 19.1 Å². The molecule has 2 aliphatic carbocycles. The fourth-order valence-corrected chi connectivity index (χ4v) is 11.2. The molecule has 4 aliphatic rings. The Bertz CT molecular complexity index is 1850. The maximum atomic E-state index is 14.0. The summed E-state index contributed by atoms with van der Waals surface area (Å²) in [4.78, 5) is 45.9.